The van der Waals surface area contributed by atoms with E-state index in [-0.39, 0.29) is 22.9 Å². The Labute approximate surface area is 232 Å². The van der Waals surface area contributed by atoms with Crippen LogP contribution in [0.1, 0.15) is 42.0 Å². The highest BCUT2D eigenvalue weighted by molar-refractivity contribution is 5.84. The molecular formula is C32H28N2O6. The zero-order valence-corrected chi connectivity index (χ0v) is 21.9. The summed E-state index contributed by atoms with van der Waals surface area (Å²) in [4.78, 5) is 23.8. The van der Waals surface area contributed by atoms with E-state index in [4.69, 9.17) is 9.47 Å². The van der Waals surface area contributed by atoms with Gasteiger partial charge in [-0.25, -0.2) is 0 Å². The van der Waals surface area contributed by atoms with Gasteiger partial charge in [-0.05, 0) is 30.7 Å². The molecule has 202 valence electrons. The lowest BCUT2D eigenvalue weighted by Crippen LogP contribution is -2.19. The normalized spacial score (nSPS) is 12.9. The molecule has 0 heterocycles. The van der Waals surface area contributed by atoms with Crippen LogP contribution >= 0.6 is 0 Å². The van der Waals surface area contributed by atoms with Gasteiger partial charge in [0, 0.05) is 17.5 Å². The highest BCUT2D eigenvalue weighted by atomic mass is 16.7. The van der Waals surface area contributed by atoms with Crippen LogP contribution in [0.25, 0.3) is 22.9 Å². The molecule has 0 fully saturated rings. The lowest BCUT2D eigenvalue weighted by Gasteiger charge is -2.23. The number of ether oxygens (including phenoxy) is 2. The summed E-state index contributed by atoms with van der Waals surface area (Å²) in [5, 5.41) is 24.8. The molecule has 0 unspecified atom stereocenters. The van der Waals surface area contributed by atoms with Crippen LogP contribution in [0.3, 0.4) is 0 Å². The van der Waals surface area contributed by atoms with Crippen molar-refractivity contribution in [1.29, 1.82) is 0 Å². The van der Waals surface area contributed by atoms with Gasteiger partial charge in [0.25, 0.3) is 0 Å². The third-order valence-electron chi connectivity index (χ3n) is 5.98. The highest BCUT2D eigenvalue weighted by Gasteiger charge is 2.31. The molecule has 0 bridgehead atoms. The van der Waals surface area contributed by atoms with E-state index < -0.39 is 16.1 Å². The molecule has 8 heteroatoms. The molecule has 0 aromatic heterocycles. The number of hydrogen-bond acceptors (Lipinski definition) is 6. The van der Waals surface area contributed by atoms with E-state index in [1.165, 1.54) is 0 Å². The average Bonchev–Trinajstić information content (AvgIpc) is 2.98. The lowest BCUT2D eigenvalue weighted by molar-refractivity contribution is -0.376. The average molecular weight is 537 g/mol. The van der Waals surface area contributed by atoms with Crippen molar-refractivity contribution in [1.82, 2.24) is 0 Å². The van der Waals surface area contributed by atoms with E-state index in [9.17, 15) is 20.2 Å². The summed E-state index contributed by atoms with van der Waals surface area (Å²) in [6, 6.07) is 34.4. The fraction of sp³-hybridized carbons (Fsp3) is 0.125. The lowest BCUT2D eigenvalue weighted by atomic mass is 10.1. The molecule has 0 aliphatic rings. The second kappa shape index (κ2) is 13.5. The summed E-state index contributed by atoms with van der Waals surface area (Å²) in [5.41, 5.74) is 1.20. The third kappa shape index (κ3) is 6.79. The van der Waals surface area contributed by atoms with E-state index in [2.05, 4.69) is 0 Å². The van der Waals surface area contributed by atoms with Gasteiger partial charge < -0.3 is 9.47 Å². The second-order valence-electron chi connectivity index (χ2n) is 8.79. The molecule has 40 heavy (non-hydrogen) atoms. The molecule has 0 amide bonds. The van der Waals surface area contributed by atoms with Crippen molar-refractivity contribution in [3.63, 3.8) is 0 Å². The first-order valence-corrected chi connectivity index (χ1v) is 12.8. The zero-order valence-electron chi connectivity index (χ0n) is 21.9. The van der Waals surface area contributed by atoms with Crippen molar-refractivity contribution < 1.29 is 19.3 Å². The van der Waals surface area contributed by atoms with E-state index in [1.54, 1.807) is 121 Å². The van der Waals surface area contributed by atoms with Crippen molar-refractivity contribution in [2.24, 2.45) is 0 Å². The maximum absolute atomic E-state index is 12.4. The molecule has 4 aromatic rings. The first kappa shape index (κ1) is 27.8. The van der Waals surface area contributed by atoms with Crippen molar-refractivity contribution in [2.45, 2.75) is 26.1 Å². The number of rotatable bonds is 12. The van der Waals surface area contributed by atoms with Crippen molar-refractivity contribution >= 4 is 22.9 Å². The minimum absolute atomic E-state index is 0.00465. The van der Waals surface area contributed by atoms with Gasteiger partial charge in [-0.2, -0.15) is 0 Å². The van der Waals surface area contributed by atoms with Crippen LogP contribution in [-0.4, -0.2) is 16.1 Å². The minimum atomic E-state index is -1.08. The fourth-order valence-corrected chi connectivity index (χ4v) is 4.17. The Morgan fingerprint density at radius 3 is 1.15 bits per heavy atom. The van der Waals surface area contributed by atoms with Gasteiger partial charge in [0.05, 0.1) is 21.0 Å². The van der Waals surface area contributed by atoms with Crippen LogP contribution in [0, 0.1) is 20.2 Å². The number of nitro groups is 2. The largest absolute Gasteiger partial charge is 0.447 e. The molecule has 4 aromatic carbocycles. The highest BCUT2D eigenvalue weighted by Crippen LogP contribution is 2.34. The van der Waals surface area contributed by atoms with Crippen LogP contribution < -0.4 is 0 Å². The Morgan fingerprint density at radius 1 is 0.575 bits per heavy atom. The van der Waals surface area contributed by atoms with Gasteiger partial charge in [0.2, 0.25) is 17.8 Å². The van der Waals surface area contributed by atoms with Crippen LogP contribution in [0.15, 0.2) is 121 Å². The molecule has 8 nitrogen and oxygen atoms in total. The first-order chi connectivity index (χ1) is 19.5. The molecule has 0 saturated carbocycles. The number of hydrogen-bond donors (Lipinski definition) is 0. The zero-order chi connectivity index (χ0) is 28.3. The summed E-state index contributed by atoms with van der Waals surface area (Å²) >= 11 is 0. The SMILES string of the molecule is CCCC(OC(=C(c1ccccc1)[N+](=O)[O-])c1ccccc1)OC(=C(c1ccccc1)[N+](=O)[O-])c1ccccc1. The molecule has 0 N–H and O–H groups in total. The summed E-state index contributed by atoms with van der Waals surface area (Å²) in [6.07, 6.45) is -0.174. The van der Waals surface area contributed by atoms with Gasteiger partial charge in [-0.1, -0.05) is 104 Å². The van der Waals surface area contributed by atoms with Crippen molar-refractivity contribution in [3.05, 3.63) is 164 Å². The third-order valence-corrected chi connectivity index (χ3v) is 5.98. The predicted octanol–water partition coefficient (Wildman–Crippen LogP) is 7.75. The maximum atomic E-state index is 12.4. The maximum Gasteiger partial charge on any atom is 0.318 e. The smallest absolute Gasteiger partial charge is 0.318 e. The van der Waals surface area contributed by atoms with Gasteiger partial charge in [0.1, 0.15) is 0 Å². The quantitative estimate of drug-likeness (QED) is 0.0603. The molecule has 0 aliphatic carbocycles. The Bertz CT molecular complexity index is 1370. The van der Waals surface area contributed by atoms with Crippen LogP contribution in [0.4, 0.5) is 0 Å². The van der Waals surface area contributed by atoms with E-state index in [1.807, 2.05) is 6.92 Å². The molecule has 0 saturated heterocycles. The van der Waals surface area contributed by atoms with E-state index >= 15 is 0 Å². The molecule has 0 atom stereocenters. The topological polar surface area (TPSA) is 105 Å². The first-order valence-electron chi connectivity index (χ1n) is 12.8. The Kier molecular flexibility index (Phi) is 9.39. The molecule has 0 spiro atoms. The Hall–Kier alpha value is -5.24. The monoisotopic (exact) mass is 536 g/mol. The van der Waals surface area contributed by atoms with E-state index in [0.29, 0.717) is 35.1 Å². The fourth-order valence-electron chi connectivity index (χ4n) is 4.17. The number of nitrogens with zero attached hydrogens (tertiary/aromatic N) is 2. The van der Waals surface area contributed by atoms with Crippen LogP contribution in [0.5, 0.6) is 0 Å². The van der Waals surface area contributed by atoms with Gasteiger partial charge in [-0.3, -0.25) is 20.2 Å². The molecular weight excluding hydrogens is 508 g/mol. The molecule has 0 radical (unpaired) electrons. The van der Waals surface area contributed by atoms with Gasteiger partial charge in [-0.15, -0.1) is 0 Å². The Balaban J connectivity index is 1.88. The van der Waals surface area contributed by atoms with Crippen molar-refractivity contribution in [2.75, 3.05) is 0 Å². The molecule has 0 aliphatic heterocycles. The van der Waals surface area contributed by atoms with E-state index in [0.717, 1.165) is 0 Å². The predicted molar refractivity (Wildman–Crippen MR) is 154 cm³/mol. The minimum Gasteiger partial charge on any atom is -0.447 e. The van der Waals surface area contributed by atoms with Crippen molar-refractivity contribution in [3.8, 4) is 0 Å². The summed E-state index contributed by atoms with van der Waals surface area (Å²) in [6.45, 7) is 1.91. The summed E-state index contributed by atoms with van der Waals surface area (Å²) in [5.74, 6) is 0.00931. The summed E-state index contributed by atoms with van der Waals surface area (Å²) in [7, 11) is 0. The van der Waals surface area contributed by atoms with Gasteiger partial charge in [0.15, 0.2) is 0 Å². The second-order valence-corrected chi connectivity index (χ2v) is 8.79. The number of benzene rings is 4. The van der Waals surface area contributed by atoms with Gasteiger partial charge >= 0.3 is 11.4 Å². The standard InChI is InChI=1S/C32H28N2O6/c1-2-15-28(39-31(26-20-11-5-12-21-26)29(33(35)36)24-16-7-3-8-17-24)40-32(27-22-13-6-14-23-27)30(34(37)38)25-18-9-4-10-19-25/h3-14,16-23,28H,2,15H2,1H3. The van der Waals surface area contributed by atoms with Crippen LogP contribution in [-0.2, 0) is 9.47 Å². The molecule has 4 rings (SSSR count). The summed E-state index contributed by atoms with van der Waals surface area (Å²) < 4.78 is 12.7. The van der Waals surface area contributed by atoms with Crippen LogP contribution in [0.2, 0.25) is 0 Å². The Morgan fingerprint density at radius 2 is 0.875 bits per heavy atom.